The molecule has 0 N–H and O–H groups in total. The molecule has 0 aliphatic heterocycles. The molecular formula is C10H15BNa2O2S. The normalized spacial score (nSPS) is 9.19. The van der Waals surface area contributed by atoms with Crippen LogP contribution in [0.3, 0.4) is 0 Å². The van der Waals surface area contributed by atoms with E-state index in [0.717, 1.165) is 12.8 Å². The van der Waals surface area contributed by atoms with Gasteiger partial charge in [0.2, 0.25) is 0 Å². The smallest absolute Gasteiger partial charge is 0.889 e. The maximum Gasteiger partial charge on any atom is 1.00 e. The van der Waals surface area contributed by atoms with E-state index in [4.69, 9.17) is 0 Å². The van der Waals surface area contributed by atoms with Gasteiger partial charge in [-0.05, 0) is 18.9 Å². The summed E-state index contributed by atoms with van der Waals surface area (Å²) in [6.45, 7) is 2.18. The van der Waals surface area contributed by atoms with Crippen LogP contribution in [0.5, 0.6) is 0 Å². The third-order valence-corrected chi connectivity index (χ3v) is 3.36. The van der Waals surface area contributed by atoms with E-state index in [2.05, 4.69) is 6.92 Å². The fourth-order valence-electron chi connectivity index (χ4n) is 1.38. The Morgan fingerprint density at radius 2 is 1.81 bits per heavy atom. The minimum atomic E-state index is -1.80. The van der Waals surface area contributed by atoms with Crippen LogP contribution in [0.4, 0.5) is 0 Å². The van der Waals surface area contributed by atoms with Gasteiger partial charge in [0.1, 0.15) is 0 Å². The van der Waals surface area contributed by atoms with Gasteiger partial charge in [0.25, 0.3) is 0 Å². The number of thiophene rings is 1. The summed E-state index contributed by atoms with van der Waals surface area (Å²) in [5, 5.41) is 21.1. The first-order valence-corrected chi connectivity index (χ1v) is 5.96. The van der Waals surface area contributed by atoms with Crippen molar-refractivity contribution in [3.05, 3.63) is 17.0 Å². The monoisotopic (exact) mass is 256 g/mol. The summed E-state index contributed by atoms with van der Waals surface area (Å²) in [4.78, 5) is 1.17. The first-order valence-electron chi connectivity index (χ1n) is 5.14. The van der Waals surface area contributed by atoms with Gasteiger partial charge in [0.05, 0.1) is 0 Å². The Morgan fingerprint density at radius 3 is 2.31 bits per heavy atom. The standard InChI is InChI=1S/C10H15BO2S.2Na/c1-2-3-4-5-6-9-7-8-10(14-9)11(12)13;;/h7-8H,2-6H2,1H3;;/q-2;2*+1. The van der Waals surface area contributed by atoms with Crippen molar-refractivity contribution in [3.63, 3.8) is 0 Å². The first-order chi connectivity index (χ1) is 6.74. The van der Waals surface area contributed by atoms with Crippen molar-refractivity contribution in [1.82, 2.24) is 0 Å². The van der Waals surface area contributed by atoms with Crippen molar-refractivity contribution in [1.29, 1.82) is 0 Å². The second-order valence-electron chi connectivity index (χ2n) is 3.45. The second kappa shape index (κ2) is 11.8. The van der Waals surface area contributed by atoms with Crippen LogP contribution in [0.2, 0.25) is 0 Å². The fraction of sp³-hybridized carbons (Fsp3) is 0.600. The maximum absolute atomic E-state index is 10.6. The van der Waals surface area contributed by atoms with E-state index in [1.165, 1.54) is 35.5 Å². The molecule has 1 aromatic rings. The summed E-state index contributed by atoms with van der Waals surface area (Å²) in [7, 11) is -1.80. The largest absolute Gasteiger partial charge is 1.00 e. The third-order valence-electron chi connectivity index (χ3n) is 2.19. The Labute approximate surface area is 147 Å². The summed E-state index contributed by atoms with van der Waals surface area (Å²) >= 11 is 1.37. The molecule has 2 nitrogen and oxygen atoms in total. The average Bonchev–Trinajstić information content (AvgIpc) is 2.61. The molecule has 0 aromatic carbocycles. The number of unbranched alkanes of at least 4 members (excludes halogenated alkanes) is 3. The molecule has 1 aromatic heterocycles. The molecule has 78 valence electrons. The number of hydrogen-bond donors (Lipinski definition) is 0. The Balaban J connectivity index is 0. The molecule has 0 unspecified atom stereocenters. The molecule has 16 heavy (non-hydrogen) atoms. The summed E-state index contributed by atoms with van der Waals surface area (Å²) in [5.41, 5.74) is 0. The predicted octanol–water partition coefficient (Wildman–Crippen LogP) is -5.71. The summed E-state index contributed by atoms with van der Waals surface area (Å²) in [5.74, 6) is 0. The van der Waals surface area contributed by atoms with E-state index in [1.807, 2.05) is 6.07 Å². The van der Waals surface area contributed by atoms with Crippen LogP contribution in [0.15, 0.2) is 12.1 Å². The Bertz CT molecular complexity index is 269. The van der Waals surface area contributed by atoms with E-state index < -0.39 is 7.12 Å². The Morgan fingerprint density at radius 1 is 1.12 bits per heavy atom. The van der Waals surface area contributed by atoms with Crippen LogP contribution < -0.4 is 73.9 Å². The van der Waals surface area contributed by atoms with Gasteiger partial charge in [0.15, 0.2) is 0 Å². The van der Waals surface area contributed by atoms with Crippen LogP contribution in [0.1, 0.15) is 37.5 Å². The number of aryl methyl sites for hydroxylation is 1. The molecule has 0 bridgehead atoms. The molecule has 1 rings (SSSR count). The quantitative estimate of drug-likeness (QED) is 0.376. The summed E-state index contributed by atoms with van der Waals surface area (Å²) < 4.78 is 0.426. The zero-order valence-corrected chi connectivity index (χ0v) is 15.3. The Hall–Kier alpha value is 1.68. The van der Waals surface area contributed by atoms with Gasteiger partial charge in [-0.25, -0.2) is 0 Å². The first kappa shape index (κ1) is 20.0. The molecule has 0 aliphatic rings. The summed E-state index contributed by atoms with van der Waals surface area (Å²) in [6, 6.07) is 3.58. The fourth-order valence-corrected chi connectivity index (χ4v) is 2.30. The molecule has 0 aliphatic carbocycles. The van der Waals surface area contributed by atoms with Gasteiger partial charge >= 0.3 is 59.1 Å². The topological polar surface area (TPSA) is 46.1 Å². The Kier molecular flexibility index (Phi) is 14.7. The molecule has 0 amide bonds. The zero-order valence-electron chi connectivity index (χ0n) is 10.5. The van der Waals surface area contributed by atoms with Gasteiger partial charge in [-0.3, -0.25) is 0 Å². The van der Waals surface area contributed by atoms with Gasteiger partial charge in [-0.1, -0.05) is 44.1 Å². The van der Waals surface area contributed by atoms with E-state index in [0.29, 0.717) is 4.78 Å². The van der Waals surface area contributed by atoms with Crippen molar-refractivity contribution in [2.75, 3.05) is 0 Å². The van der Waals surface area contributed by atoms with Crippen LogP contribution in [0, 0.1) is 0 Å². The third kappa shape index (κ3) is 7.91. The van der Waals surface area contributed by atoms with Crippen molar-refractivity contribution in [3.8, 4) is 0 Å². The van der Waals surface area contributed by atoms with E-state index in [9.17, 15) is 10.0 Å². The van der Waals surface area contributed by atoms with E-state index in [1.54, 1.807) is 6.07 Å². The SMILES string of the molecule is CCCCCCc1ccc(B([O-])[O-])s1.[Na+].[Na+]. The molecule has 0 atom stereocenters. The van der Waals surface area contributed by atoms with Gasteiger partial charge in [0, 0.05) is 4.88 Å². The van der Waals surface area contributed by atoms with Crippen LogP contribution in [-0.4, -0.2) is 7.12 Å². The van der Waals surface area contributed by atoms with E-state index in [-0.39, 0.29) is 59.1 Å². The van der Waals surface area contributed by atoms with Crippen molar-refractivity contribution < 1.29 is 69.2 Å². The molecule has 0 saturated carbocycles. The average molecular weight is 256 g/mol. The van der Waals surface area contributed by atoms with Crippen LogP contribution in [-0.2, 0) is 6.42 Å². The second-order valence-corrected chi connectivity index (χ2v) is 4.65. The molecule has 0 spiro atoms. The minimum absolute atomic E-state index is 0. The van der Waals surface area contributed by atoms with Crippen molar-refractivity contribution in [2.24, 2.45) is 0 Å². The number of hydrogen-bond acceptors (Lipinski definition) is 3. The molecule has 6 heteroatoms. The van der Waals surface area contributed by atoms with Gasteiger partial charge < -0.3 is 10.0 Å². The minimum Gasteiger partial charge on any atom is -0.889 e. The maximum atomic E-state index is 10.6. The van der Waals surface area contributed by atoms with Crippen molar-refractivity contribution >= 4 is 23.2 Å². The van der Waals surface area contributed by atoms with Crippen LogP contribution >= 0.6 is 11.3 Å². The van der Waals surface area contributed by atoms with Gasteiger partial charge in [-0.15, -0.1) is 0 Å². The molecule has 1 heterocycles. The predicted molar refractivity (Wildman–Crippen MR) is 57.6 cm³/mol. The molecule has 0 radical (unpaired) electrons. The van der Waals surface area contributed by atoms with Crippen LogP contribution in [0.25, 0.3) is 0 Å². The summed E-state index contributed by atoms with van der Waals surface area (Å²) in [6.07, 6.45) is 5.92. The zero-order chi connectivity index (χ0) is 10.4. The van der Waals surface area contributed by atoms with Gasteiger partial charge in [-0.2, -0.15) is 11.3 Å². The molecule has 0 fully saturated rings. The van der Waals surface area contributed by atoms with Crippen molar-refractivity contribution in [2.45, 2.75) is 39.0 Å². The molecular weight excluding hydrogens is 241 g/mol. The van der Waals surface area contributed by atoms with E-state index >= 15 is 0 Å². The molecule has 0 saturated heterocycles. The number of rotatable bonds is 6.